The summed E-state index contributed by atoms with van der Waals surface area (Å²) >= 11 is 0. The predicted octanol–water partition coefficient (Wildman–Crippen LogP) is 0.861. The zero-order chi connectivity index (χ0) is 18.8. The van der Waals surface area contributed by atoms with Crippen molar-refractivity contribution in [2.24, 2.45) is 0 Å². The maximum absolute atomic E-state index is 12.8. The molecule has 0 saturated heterocycles. The van der Waals surface area contributed by atoms with Gasteiger partial charge in [0.1, 0.15) is 5.75 Å². The van der Waals surface area contributed by atoms with Gasteiger partial charge >= 0.3 is 0 Å². The number of likely N-dealkylation sites (N-methyl/N-ethyl adjacent to an activating group) is 1. The average molecular weight is 369 g/mol. The molecule has 0 unspecified atom stereocenters. The van der Waals surface area contributed by atoms with Crippen LogP contribution in [0.1, 0.15) is 25.8 Å². The molecular formula is C16H23N3O5S. The van der Waals surface area contributed by atoms with Gasteiger partial charge in [-0.1, -0.05) is 6.92 Å². The van der Waals surface area contributed by atoms with Gasteiger partial charge in [0.2, 0.25) is 15.9 Å². The van der Waals surface area contributed by atoms with Crippen molar-refractivity contribution in [2.45, 2.75) is 38.1 Å². The van der Waals surface area contributed by atoms with Gasteiger partial charge in [-0.25, -0.2) is 8.42 Å². The Morgan fingerprint density at radius 2 is 2.12 bits per heavy atom. The van der Waals surface area contributed by atoms with Crippen molar-refractivity contribution in [3.8, 4) is 5.75 Å². The maximum Gasteiger partial charge on any atom is 0.262 e. The second kappa shape index (κ2) is 7.40. The Bertz CT molecular complexity index is 791. The van der Waals surface area contributed by atoms with Crippen LogP contribution in [-0.4, -0.2) is 50.8 Å². The van der Waals surface area contributed by atoms with E-state index in [9.17, 15) is 18.0 Å². The van der Waals surface area contributed by atoms with Crippen LogP contribution >= 0.6 is 0 Å². The number of rotatable bonds is 6. The first-order valence-electron chi connectivity index (χ1n) is 7.98. The van der Waals surface area contributed by atoms with Crippen LogP contribution in [0.4, 0.5) is 5.69 Å². The molecule has 1 aliphatic heterocycles. The second-order valence-electron chi connectivity index (χ2n) is 6.09. The Morgan fingerprint density at radius 1 is 1.44 bits per heavy atom. The van der Waals surface area contributed by atoms with Crippen molar-refractivity contribution in [1.82, 2.24) is 9.62 Å². The molecule has 0 aliphatic carbocycles. The number of benzene rings is 1. The van der Waals surface area contributed by atoms with Crippen LogP contribution in [-0.2, 0) is 19.6 Å². The number of carbonyl (C=O) groups excluding carboxylic acids is 2. The summed E-state index contributed by atoms with van der Waals surface area (Å²) in [5, 5.41) is 5.37. The number of hydrogen-bond donors (Lipinski definition) is 2. The lowest BCUT2D eigenvalue weighted by atomic mass is 10.2. The van der Waals surface area contributed by atoms with Crippen molar-refractivity contribution in [3.63, 3.8) is 0 Å². The fraction of sp³-hybridized carbons (Fsp3) is 0.500. The molecule has 2 amide bonds. The summed E-state index contributed by atoms with van der Waals surface area (Å²) < 4.78 is 31.9. The van der Waals surface area contributed by atoms with E-state index in [4.69, 9.17) is 4.74 Å². The normalized spacial score (nSPS) is 15.2. The van der Waals surface area contributed by atoms with Crippen LogP contribution in [0.15, 0.2) is 17.0 Å². The molecule has 0 spiro atoms. The summed E-state index contributed by atoms with van der Waals surface area (Å²) in [6, 6.07) is 2.90. The number of fused-ring (bicyclic) bond motifs is 1. The van der Waals surface area contributed by atoms with Crippen LogP contribution in [0.2, 0.25) is 0 Å². The fourth-order valence-electron chi connectivity index (χ4n) is 2.37. The molecule has 1 aromatic rings. The number of ether oxygens (including phenoxy) is 1. The van der Waals surface area contributed by atoms with E-state index in [2.05, 4.69) is 10.6 Å². The molecule has 2 N–H and O–H groups in total. The summed E-state index contributed by atoms with van der Waals surface area (Å²) in [7, 11) is -2.52. The standard InChI is InChI=1S/C16H23N3O5S/c1-5-11(3)17-15(20)8-19(4)25(22,23)14-7-13-12(6-10(14)2)18-16(21)9-24-13/h6-7,11H,5,8-9H2,1-4H3,(H,17,20)(H,18,21)/t11-/m1/s1. The van der Waals surface area contributed by atoms with Gasteiger partial charge in [0.05, 0.1) is 17.1 Å². The van der Waals surface area contributed by atoms with Gasteiger partial charge in [-0.2, -0.15) is 4.31 Å². The predicted molar refractivity (Wildman–Crippen MR) is 93.0 cm³/mol. The van der Waals surface area contributed by atoms with E-state index in [-0.39, 0.29) is 35.9 Å². The van der Waals surface area contributed by atoms with Gasteiger partial charge in [-0.05, 0) is 31.9 Å². The minimum absolute atomic E-state index is 0.0221. The first-order valence-corrected chi connectivity index (χ1v) is 9.42. The highest BCUT2D eigenvalue weighted by molar-refractivity contribution is 7.89. The van der Waals surface area contributed by atoms with Crippen LogP contribution in [0.5, 0.6) is 5.75 Å². The van der Waals surface area contributed by atoms with Gasteiger partial charge in [-0.3, -0.25) is 9.59 Å². The zero-order valence-corrected chi connectivity index (χ0v) is 15.6. The van der Waals surface area contributed by atoms with E-state index < -0.39 is 10.0 Å². The van der Waals surface area contributed by atoms with Crippen LogP contribution < -0.4 is 15.4 Å². The number of nitrogens with one attached hydrogen (secondary N) is 2. The Labute approximate surface area is 147 Å². The van der Waals surface area contributed by atoms with E-state index in [0.717, 1.165) is 10.7 Å². The average Bonchev–Trinajstić information content (AvgIpc) is 2.53. The molecule has 138 valence electrons. The van der Waals surface area contributed by atoms with E-state index in [1.165, 1.54) is 13.1 Å². The first-order chi connectivity index (χ1) is 11.6. The molecule has 25 heavy (non-hydrogen) atoms. The number of anilines is 1. The molecule has 8 nitrogen and oxygen atoms in total. The number of amides is 2. The zero-order valence-electron chi connectivity index (χ0n) is 14.8. The molecule has 1 aliphatic rings. The SMILES string of the molecule is CC[C@@H](C)NC(=O)CN(C)S(=O)(=O)c1cc2c(cc1C)NC(=O)CO2. The molecule has 2 rings (SSSR count). The Hall–Kier alpha value is -2.13. The summed E-state index contributed by atoms with van der Waals surface area (Å²) in [6.07, 6.45) is 0.759. The van der Waals surface area contributed by atoms with E-state index >= 15 is 0 Å². The summed E-state index contributed by atoms with van der Waals surface area (Å²) in [6.45, 7) is 4.97. The highest BCUT2D eigenvalue weighted by Gasteiger charge is 2.28. The van der Waals surface area contributed by atoms with Crippen LogP contribution in [0.3, 0.4) is 0 Å². The Balaban J connectivity index is 2.24. The fourth-order valence-corrected chi connectivity index (χ4v) is 3.72. The largest absolute Gasteiger partial charge is 0.482 e. The Morgan fingerprint density at radius 3 is 2.76 bits per heavy atom. The van der Waals surface area contributed by atoms with Gasteiger partial charge in [0, 0.05) is 19.2 Å². The minimum Gasteiger partial charge on any atom is -0.482 e. The van der Waals surface area contributed by atoms with Crippen LogP contribution in [0, 0.1) is 6.92 Å². The van der Waals surface area contributed by atoms with Crippen molar-refractivity contribution in [3.05, 3.63) is 17.7 Å². The van der Waals surface area contributed by atoms with Gasteiger partial charge in [0.15, 0.2) is 6.61 Å². The molecule has 0 aromatic heterocycles. The third-order valence-corrected chi connectivity index (χ3v) is 5.93. The number of sulfonamides is 1. The Kier molecular flexibility index (Phi) is 5.69. The molecular weight excluding hydrogens is 346 g/mol. The summed E-state index contributed by atoms with van der Waals surface area (Å²) in [4.78, 5) is 23.4. The topological polar surface area (TPSA) is 105 Å². The smallest absolute Gasteiger partial charge is 0.262 e. The molecule has 0 radical (unpaired) electrons. The molecule has 9 heteroatoms. The number of hydrogen-bond acceptors (Lipinski definition) is 5. The quantitative estimate of drug-likeness (QED) is 0.774. The number of carbonyl (C=O) groups is 2. The lowest BCUT2D eigenvalue weighted by Gasteiger charge is -2.23. The van der Waals surface area contributed by atoms with E-state index in [1.54, 1.807) is 13.0 Å². The lowest BCUT2D eigenvalue weighted by molar-refractivity contribution is -0.121. The third kappa shape index (κ3) is 4.29. The maximum atomic E-state index is 12.8. The molecule has 0 saturated carbocycles. The molecule has 1 atom stereocenters. The van der Waals surface area contributed by atoms with Gasteiger partial charge in [-0.15, -0.1) is 0 Å². The van der Waals surface area contributed by atoms with Crippen molar-refractivity contribution in [2.75, 3.05) is 25.5 Å². The molecule has 0 bridgehead atoms. The number of nitrogens with zero attached hydrogens (tertiary/aromatic N) is 1. The van der Waals surface area contributed by atoms with Crippen LogP contribution in [0.25, 0.3) is 0 Å². The molecule has 1 heterocycles. The van der Waals surface area contributed by atoms with Crippen molar-refractivity contribution >= 4 is 27.5 Å². The van der Waals surface area contributed by atoms with E-state index in [1.807, 2.05) is 13.8 Å². The molecule has 1 aromatic carbocycles. The highest BCUT2D eigenvalue weighted by atomic mass is 32.2. The van der Waals surface area contributed by atoms with Crippen molar-refractivity contribution in [1.29, 1.82) is 0 Å². The third-order valence-electron chi connectivity index (χ3n) is 3.98. The van der Waals surface area contributed by atoms with E-state index in [0.29, 0.717) is 17.0 Å². The number of aryl methyl sites for hydroxylation is 1. The van der Waals surface area contributed by atoms with Gasteiger partial charge in [0.25, 0.3) is 5.91 Å². The lowest BCUT2D eigenvalue weighted by Crippen LogP contribution is -2.41. The molecule has 0 fully saturated rings. The summed E-state index contributed by atoms with van der Waals surface area (Å²) in [5.41, 5.74) is 0.892. The first kappa shape index (κ1) is 19.2. The summed E-state index contributed by atoms with van der Waals surface area (Å²) in [5.74, 6) is -0.359. The second-order valence-corrected chi connectivity index (χ2v) is 8.10. The van der Waals surface area contributed by atoms with Gasteiger partial charge < -0.3 is 15.4 Å². The minimum atomic E-state index is -3.87. The monoisotopic (exact) mass is 369 g/mol. The highest BCUT2D eigenvalue weighted by Crippen LogP contribution is 2.33. The van der Waals surface area contributed by atoms with Crippen molar-refractivity contribution < 1.29 is 22.7 Å².